The van der Waals surface area contributed by atoms with Gasteiger partial charge in [0.1, 0.15) is 17.7 Å². The van der Waals surface area contributed by atoms with Crippen LogP contribution in [0, 0.1) is 5.82 Å². The largest absolute Gasteiger partial charge is 0.490 e. The third kappa shape index (κ3) is 4.04. The molecular formula is C23H24FN3O2S. The zero-order valence-electron chi connectivity index (χ0n) is 16.7. The van der Waals surface area contributed by atoms with E-state index in [0.717, 1.165) is 72.3 Å². The number of carbonyl (C=O) groups is 1. The summed E-state index contributed by atoms with van der Waals surface area (Å²) >= 11 is 1.49. The van der Waals surface area contributed by atoms with E-state index in [1.807, 2.05) is 24.3 Å². The van der Waals surface area contributed by atoms with Gasteiger partial charge >= 0.3 is 0 Å². The minimum Gasteiger partial charge on any atom is -0.490 e. The summed E-state index contributed by atoms with van der Waals surface area (Å²) < 4.78 is 21.2. The van der Waals surface area contributed by atoms with Crippen LogP contribution in [0.5, 0.6) is 5.75 Å². The van der Waals surface area contributed by atoms with E-state index in [4.69, 9.17) is 4.74 Å². The topological polar surface area (TPSA) is 54.5 Å². The van der Waals surface area contributed by atoms with Gasteiger partial charge in [0, 0.05) is 18.7 Å². The Morgan fingerprint density at radius 2 is 1.97 bits per heavy atom. The van der Waals surface area contributed by atoms with Crippen molar-refractivity contribution in [2.75, 3.05) is 25.0 Å². The summed E-state index contributed by atoms with van der Waals surface area (Å²) in [7, 11) is 0. The fourth-order valence-corrected chi connectivity index (χ4v) is 5.27. The lowest BCUT2D eigenvalue weighted by Gasteiger charge is -2.32. The molecule has 7 heteroatoms. The molecule has 1 aromatic heterocycles. The van der Waals surface area contributed by atoms with E-state index in [0.29, 0.717) is 11.7 Å². The van der Waals surface area contributed by atoms with Crippen LogP contribution in [0.1, 0.15) is 30.4 Å². The number of hydrogen-bond acceptors (Lipinski definition) is 5. The van der Waals surface area contributed by atoms with Crippen LogP contribution < -0.4 is 10.1 Å². The molecule has 5 rings (SSSR count). The lowest BCUT2D eigenvalue weighted by atomic mass is 10.1. The van der Waals surface area contributed by atoms with Gasteiger partial charge in [-0.1, -0.05) is 23.5 Å². The first-order chi connectivity index (χ1) is 14.7. The molecule has 0 saturated carbocycles. The average molecular weight is 426 g/mol. The predicted octanol–water partition coefficient (Wildman–Crippen LogP) is 4.41. The zero-order valence-corrected chi connectivity index (χ0v) is 17.5. The Kier molecular flexibility index (Phi) is 5.39. The highest BCUT2D eigenvalue weighted by Gasteiger charge is 2.25. The van der Waals surface area contributed by atoms with Gasteiger partial charge in [0.25, 0.3) is 0 Å². The number of thiazole rings is 1. The number of likely N-dealkylation sites (tertiary alicyclic amines) is 1. The van der Waals surface area contributed by atoms with Gasteiger partial charge in [0.2, 0.25) is 5.91 Å². The normalized spacial score (nSPS) is 17.2. The maximum absolute atomic E-state index is 13.9. The Morgan fingerprint density at radius 1 is 1.17 bits per heavy atom. The summed E-state index contributed by atoms with van der Waals surface area (Å²) in [5, 5.41) is 3.57. The van der Waals surface area contributed by atoms with Crippen molar-refractivity contribution >= 4 is 32.6 Å². The molecule has 3 aromatic rings. The van der Waals surface area contributed by atoms with Crippen molar-refractivity contribution < 1.29 is 13.9 Å². The second-order valence-corrected chi connectivity index (χ2v) is 9.02. The molecular weight excluding hydrogens is 401 g/mol. The van der Waals surface area contributed by atoms with Crippen LogP contribution in [-0.4, -0.2) is 41.5 Å². The van der Waals surface area contributed by atoms with Gasteiger partial charge in [0.05, 0.1) is 16.8 Å². The number of aromatic nitrogens is 1. The highest BCUT2D eigenvalue weighted by Crippen LogP contribution is 2.34. The maximum Gasteiger partial charge on any atom is 0.240 e. The van der Waals surface area contributed by atoms with Crippen molar-refractivity contribution in [2.24, 2.45) is 0 Å². The van der Waals surface area contributed by atoms with Crippen molar-refractivity contribution in [1.29, 1.82) is 0 Å². The monoisotopic (exact) mass is 425 g/mol. The number of para-hydroxylation sites is 1. The fourth-order valence-electron chi connectivity index (χ4n) is 4.39. The predicted molar refractivity (Wildman–Crippen MR) is 117 cm³/mol. The number of amides is 1. The van der Waals surface area contributed by atoms with Crippen LogP contribution in [0.4, 0.5) is 9.52 Å². The number of carbonyl (C=O) groups excluding carboxylic acids is 1. The molecule has 1 aliphatic carbocycles. The summed E-state index contributed by atoms with van der Waals surface area (Å²) in [6, 6.07) is 11.2. The van der Waals surface area contributed by atoms with Gasteiger partial charge in [-0.05, 0) is 61.9 Å². The number of hydrogen-bond donors (Lipinski definition) is 1. The number of anilines is 1. The van der Waals surface area contributed by atoms with Crippen molar-refractivity contribution in [1.82, 2.24) is 9.88 Å². The van der Waals surface area contributed by atoms with Crippen LogP contribution in [0.25, 0.3) is 10.2 Å². The van der Waals surface area contributed by atoms with Crippen LogP contribution in [0.3, 0.4) is 0 Å². The van der Waals surface area contributed by atoms with Crippen molar-refractivity contribution in [2.45, 2.75) is 38.2 Å². The molecule has 0 spiro atoms. The molecule has 2 heterocycles. The van der Waals surface area contributed by atoms with Crippen molar-refractivity contribution in [3.8, 4) is 5.75 Å². The van der Waals surface area contributed by atoms with E-state index >= 15 is 0 Å². The van der Waals surface area contributed by atoms with Crippen molar-refractivity contribution in [3.63, 3.8) is 0 Å². The molecule has 1 aliphatic heterocycles. The molecule has 2 aliphatic rings. The van der Waals surface area contributed by atoms with Gasteiger partial charge < -0.3 is 10.1 Å². The summed E-state index contributed by atoms with van der Waals surface area (Å²) in [6.07, 6.45) is 4.53. The van der Waals surface area contributed by atoms with Gasteiger partial charge in [-0.25, -0.2) is 9.37 Å². The highest BCUT2D eigenvalue weighted by molar-refractivity contribution is 7.22. The van der Waals surface area contributed by atoms with E-state index in [2.05, 4.69) is 15.2 Å². The second-order valence-electron chi connectivity index (χ2n) is 7.98. The molecule has 1 N–H and O–H groups in total. The van der Waals surface area contributed by atoms with Crippen LogP contribution in [-0.2, 0) is 17.6 Å². The number of halogens is 1. The first-order valence-corrected chi connectivity index (χ1v) is 11.3. The number of rotatable bonds is 5. The Morgan fingerprint density at radius 3 is 2.80 bits per heavy atom. The molecule has 30 heavy (non-hydrogen) atoms. The molecule has 1 fully saturated rings. The Hall–Kier alpha value is -2.51. The van der Waals surface area contributed by atoms with Crippen LogP contribution >= 0.6 is 11.3 Å². The fraction of sp³-hybridized carbons (Fsp3) is 0.391. The highest BCUT2D eigenvalue weighted by atomic mass is 32.1. The molecule has 2 aromatic carbocycles. The number of fused-ring (bicyclic) bond motifs is 2. The molecule has 0 unspecified atom stereocenters. The summed E-state index contributed by atoms with van der Waals surface area (Å²) in [5.74, 6) is 0.699. The lowest BCUT2D eigenvalue weighted by Crippen LogP contribution is -2.42. The molecule has 1 amide bonds. The standard InChI is InChI=1S/C23H24FN3O2S/c24-18-8-9-20(17-5-3-4-16(17)18)29-15-10-12-27(13-11-15)14-22(28)26-23-25-19-6-1-2-7-21(19)30-23/h1-2,6-9,15H,3-5,10-14H2,(H,25,26,28). The molecule has 0 atom stereocenters. The first kappa shape index (κ1) is 19.5. The van der Waals surface area contributed by atoms with Gasteiger partial charge in [-0.3, -0.25) is 9.69 Å². The average Bonchev–Trinajstić information content (AvgIpc) is 3.38. The second kappa shape index (κ2) is 8.32. The number of piperidine rings is 1. The maximum atomic E-state index is 13.9. The molecule has 1 saturated heterocycles. The minimum absolute atomic E-state index is 0.0372. The van der Waals surface area contributed by atoms with E-state index in [1.54, 1.807) is 6.07 Å². The summed E-state index contributed by atoms with van der Waals surface area (Å²) in [6.45, 7) is 1.97. The number of nitrogens with one attached hydrogen (secondary N) is 1. The number of ether oxygens (including phenoxy) is 1. The first-order valence-electron chi connectivity index (χ1n) is 10.5. The Labute approximate surface area is 178 Å². The lowest BCUT2D eigenvalue weighted by molar-refractivity contribution is -0.117. The quantitative estimate of drug-likeness (QED) is 0.658. The third-order valence-corrected chi connectivity index (χ3v) is 6.87. The van der Waals surface area contributed by atoms with Gasteiger partial charge in [-0.15, -0.1) is 0 Å². The minimum atomic E-state index is -0.108. The summed E-state index contributed by atoms with van der Waals surface area (Å²) in [5.41, 5.74) is 2.78. The van der Waals surface area contributed by atoms with Crippen LogP contribution in [0.2, 0.25) is 0 Å². The van der Waals surface area contributed by atoms with E-state index in [-0.39, 0.29) is 17.8 Å². The number of benzene rings is 2. The SMILES string of the molecule is O=C(CN1CCC(Oc2ccc(F)c3c2CCC3)CC1)Nc1nc2ccccc2s1. The molecule has 0 radical (unpaired) electrons. The smallest absolute Gasteiger partial charge is 0.240 e. The van der Waals surface area contributed by atoms with E-state index in [9.17, 15) is 9.18 Å². The molecule has 5 nitrogen and oxygen atoms in total. The summed E-state index contributed by atoms with van der Waals surface area (Å²) in [4.78, 5) is 19.0. The zero-order chi connectivity index (χ0) is 20.5. The van der Waals surface area contributed by atoms with E-state index < -0.39 is 0 Å². The van der Waals surface area contributed by atoms with Crippen LogP contribution in [0.15, 0.2) is 36.4 Å². The molecule has 0 bridgehead atoms. The van der Waals surface area contributed by atoms with Crippen molar-refractivity contribution in [3.05, 3.63) is 53.3 Å². The van der Waals surface area contributed by atoms with E-state index in [1.165, 1.54) is 17.4 Å². The Bertz CT molecular complexity index is 1040. The van der Waals surface area contributed by atoms with Gasteiger partial charge in [0.15, 0.2) is 5.13 Å². The van der Waals surface area contributed by atoms with Gasteiger partial charge in [-0.2, -0.15) is 0 Å². The third-order valence-electron chi connectivity index (χ3n) is 5.92. The Balaban J connectivity index is 1.13. The number of nitrogens with zero attached hydrogens (tertiary/aromatic N) is 2. The molecule has 156 valence electrons.